The minimum atomic E-state index is -0.717. The lowest BCUT2D eigenvalue weighted by molar-refractivity contribution is 0.00810. The van der Waals surface area contributed by atoms with Gasteiger partial charge in [0.1, 0.15) is 0 Å². The molecule has 17 heavy (non-hydrogen) atoms. The molecular formula is C13H22O2S2. The van der Waals surface area contributed by atoms with Crippen LogP contribution in [0.1, 0.15) is 32.1 Å². The zero-order valence-electron chi connectivity index (χ0n) is 10.3. The van der Waals surface area contributed by atoms with E-state index in [4.69, 9.17) is 0 Å². The molecule has 0 amide bonds. The Hall–Kier alpha value is 0.360. The number of hydrogen-bond donors (Lipinski definition) is 2. The van der Waals surface area contributed by atoms with Gasteiger partial charge in [0, 0.05) is 0 Å². The van der Waals surface area contributed by atoms with E-state index in [1.165, 1.54) is 0 Å². The molecule has 0 unspecified atom stereocenters. The van der Waals surface area contributed by atoms with E-state index in [0.29, 0.717) is 6.42 Å². The summed E-state index contributed by atoms with van der Waals surface area (Å²) >= 11 is 3.80. The molecule has 0 aromatic rings. The average Bonchev–Trinajstić information content (AvgIpc) is 2.30. The fourth-order valence-corrected chi connectivity index (χ4v) is 4.97. The monoisotopic (exact) mass is 274 g/mol. The average molecular weight is 274 g/mol. The van der Waals surface area contributed by atoms with Gasteiger partial charge in [0.25, 0.3) is 0 Å². The molecule has 0 aromatic carbocycles. The summed E-state index contributed by atoms with van der Waals surface area (Å²) < 4.78 is 0. The molecule has 2 N–H and O–H groups in total. The van der Waals surface area contributed by atoms with E-state index >= 15 is 0 Å². The van der Waals surface area contributed by atoms with Crippen LogP contribution >= 0.6 is 23.5 Å². The maximum atomic E-state index is 10.6. The van der Waals surface area contributed by atoms with Crippen LogP contribution in [-0.4, -0.2) is 44.4 Å². The van der Waals surface area contributed by atoms with Gasteiger partial charge in [-0.1, -0.05) is 6.58 Å². The summed E-state index contributed by atoms with van der Waals surface area (Å²) in [6.07, 6.45) is 3.83. The van der Waals surface area contributed by atoms with Crippen LogP contribution in [0, 0.1) is 0 Å². The fourth-order valence-electron chi connectivity index (χ4n) is 2.55. The van der Waals surface area contributed by atoms with Crippen LogP contribution in [0.5, 0.6) is 0 Å². The summed E-state index contributed by atoms with van der Waals surface area (Å²) in [7, 11) is 0. The Morgan fingerprint density at radius 3 is 1.94 bits per heavy atom. The molecule has 2 rings (SSSR count). The molecule has 2 fully saturated rings. The third-order valence-electron chi connectivity index (χ3n) is 3.94. The van der Waals surface area contributed by atoms with Gasteiger partial charge in [0.05, 0.1) is 11.2 Å². The van der Waals surface area contributed by atoms with Gasteiger partial charge in [-0.15, -0.1) is 0 Å². The first-order valence-electron chi connectivity index (χ1n) is 6.33. The van der Waals surface area contributed by atoms with Crippen LogP contribution in [0.2, 0.25) is 0 Å². The van der Waals surface area contributed by atoms with Crippen LogP contribution in [0.4, 0.5) is 0 Å². The van der Waals surface area contributed by atoms with Crippen molar-refractivity contribution < 1.29 is 10.2 Å². The van der Waals surface area contributed by atoms with Crippen LogP contribution in [-0.2, 0) is 0 Å². The lowest BCUT2D eigenvalue weighted by atomic mass is 9.80. The molecule has 0 aliphatic carbocycles. The van der Waals surface area contributed by atoms with E-state index in [1.54, 1.807) is 0 Å². The highest BCUT2D eigenvalue weighted by Gasteiger charge is 2.38. The van der Waals surface area contributed by atoms with E-state index < -0.39 is 11.2 Å². The number of hydrogen-bond acceptors (Lipinski definition) is 4. The maximum Gasteiger partial charge on any atom is 0.0870 e. The van der Waals surface area contributed by atoms with Crippen molar-refractivity contribution in [3.8, 4) is 0 Å². The molecule has 0 aromatic heterocycles. The van der Waals surface area contributed by atoms with E-state index in [2.05, 4.69) is 6.58 Å². The first-order chi connectivity index (χ1) is 8.04. The standard InChI is InChI=1S/C13H22O2S2/c1-11(13(15)4-8-17-9-5-13)10-12(14)2-6-16-7-3-12/h14-15H,1-10H2. The quantitative estimate of drug-likeness (QED) is 0.776. The Bertz CT molecular complexity index is 279. The molecule has 98 valence electrons. The zero-order valence-corrected chi connectivity index (χ0v) is 11.9. The molecule has 2 heterocycles. The van der Waals surface area contributed by atoms with Gasteiger partial charge in [-0.3, -0.25) is 0 Å². The van der Waals surface area contributed by atoms with Crippen molar-refractivity contribution in [2.75, 3.05) is 23.0 Å². The number of aliphatic hydroxyl groups is 2. The maximum absolute atomic E-state index is 10.6. The van der Waals surface area contributed by atoms with Gasteiger partial charge < -0.3 is 10.2 Å². The van der Waals surface area contributed by atoms with Gasteiger partial charge in [0.15, 0.2) is 0 Å². The molecule has 2 nitrogen and oxygen atoms in total. The Balaban J connectivity index is 1.95. The molecule has 2 aliphatic heterocycles. The van der Waals surface area contributed by atoms with Gasteiger partial charge in [-0.25, -0.2) is 0 Å². The highest BCUT2D eigenvalue weighted by Crippen LogP contribution is 2.39. The smallest absolute Gasteiger partial charge is 0.0870 e. The largest absolute Gasteiger partial charge is 0.389 e. The topological polar surface area (TPSA) is 40.5 Å². The van der Waals surface area contributed by atoms with Gasteiger partial charge in [-0.05, 0) is 60.7 Å². The Kier molecular flexibility index (Phi) is 4.50. The lowest BCUT2D eigenvalue weighted by Gasteiger charge is -2.39. The van der Waals surface area contributed by atoms with Crippen molar-refractivity contribution in [2.45, 2.75) is 43.3 Å². The van der Waals surface area contributed by atoms with Crippen molar-refractivity contribution in [1.29, 1.82) is 0 Å². The second kappa shape index (κ2) is 5.55. The molecule has 2 aliphatic rings. The molecule has 0 atom stereocenters. The van der Waals surface area contributed by atoms with E-state index in [9.17, 15) is 10.2 Å². The van der Waals surface area contributed by atoms with Crippen molar-refractivity contribution >= 4 is 23.5 Å². The first kappa shape index (κ1) is 13.8. The predicted molar refractivity (Wildman–Crippen MR) is 76.8 cm³/mol. The summed E-state index contributed by atoms with van der Waals surface area (Å²) in [4.78, 5) is 0. The van der Waals surface area contributed by atoms with Crippen LogP contribution in [0.25, 0.3) is 0 Å². The predicted octanol–water partition coefficient (Wildman–Crippen LogP) is 2.45. The molecular weight excluding hydrogens is 252 g/mol. The minimum Gasteiger partial charge on any atom is -0.389 e. The molecule has 0 bridgehead atoms. The molecule has 4 heteroatoms. The SMILES string of the molecule is C=C(CC1(O)CCSCC1)C1(O)CCSCC1. The minimum absolute atomic E-state index is 0.578. The third kappa shape index (κ3) is 3.43. The van der Waals surface area contributed by atoms with E-state index in [0.717, 1.165) is 54.3 Å². The second-order valence-corrected chi connectivity index (χ2v) is 7.71. The van der Waals surface area contributed by atoms with Crippen molar-refractivity contribution in [2.24, 2.45) is 0 Å². The van der Waals surface area contributed by atoms with Gasteiger partial charge in [0.2, 0.25) is 0 Å². The summed E-state index contributed by atoms with van der Waals surface area (Å²) in [5.41, 5.74) is -0.471. The fraction of sp³-hybridized carbons (Fsp3) is 0.846. The van der Waals surface area contributed by atoms with Crippen LogP contribution < -0.4 is 0 Å². The Morgan fingerprint density at radius 2 is 1.41 bits per heavy atom. The molecule has 2 saturated heterocycles. The van der Waals surface area contributed by atoms with Crippen molar-refractivity contribution in [1.82, 2.24) is 0 Å². The summed E-state index contributed by atoms with van der Waals surface area (Å²) in [6.45, 7) is 4.06. The number of thioether (sulfide) groups is 2. The summed E-state index contributed by atoms with van der Waals surface area (Å²) in [5.74, 6) is 4.06. The molecule has 0 radical (unpaired) electrons. The Labute approximate surface area is 112 Å². The van der Waals surface area contributed by atoms with Crippen molar-refractivity contribution in [3.63, 3.8) is 0 Å². The zero-order chi connectivity index (χ0) is 12.4. The van der Waals surface area contributed by atoms with Crippen molar-refractivity contribution in [3.05, 3.63) is 12.2 Å². The summed E-state index contributed by atoms with van der Waals surface area (Å²) in [5, 5.41) is 21.1. The Morgan fingerprint density at radius 1 is 0.941 bits per heavy atom. The van der Waals surface area contributed by atoms with E-state index in [1.807, 2.05) is 23.5 Å². The van der Waals surface area contributed by atoms with Crippen LogP contribution in [0.15, 0.2) is 12.2 Å². The normalized spacial score (nSPS) is 27.6. The third-order valence-corrected chi connectivity index (χ3v) is 5.92. The first-order valence-corrected chi connectivity index (χ1v) is 8.64. The highest BCUT2D eigenvalue weighted by atomic mass is 32.2. The number of rotatable bonds is 3. The summed E-state index contributed by atoms with van der Waals surface area (Å²) in [6, 6.07) is 0. The molecule has 0 spiro atoms. The lowest BCUT2D eigenvalue weighted by Crippen LogP contribution is -2.41. The van der Waals surface area contributed by atoms with Crippen LogP contribution in [0.3, 0.4) is 0 Å². The highest BCUT2D eigenvalue weighted by molar-refractivity contribution is 7.99. The molecule has 0 saturated carbocycles. The second-order valence-electron chi connectivity index (χ2n) is 5.26. The van der Waals surface area contributed by atoms with Gasteiger partial charge >= 0.3 is 0 Å². The van der Waals surface area contributed by atoms with E-state index in [-0.39, 0.29) is 0 Å². The van der Waals surface area contributed by atoms with Gasteiger partial charge in [-0.2, -0.15) is 23.5 Å².